The molecule has 0 aliphatic heterocycles. The zero-order valence-corrected chi connectivity index (χ0v) is 14.5. The first-order valence-corrected chi connectivity index (χ1v) is 8.18. The molecule has 0 fully saturated rings. The number of benzene rings is 2. The van der Waals surface area contributed by atoms with Crippen LogP contribution in [-0.4, -0.2) is 6.61 Å². The Balaban J connectivity index is 2.20. The van der Waals surface area contributed by atoms with E-state index in [4.69, 9.17) is 27.9 Å². The molecule has 0 amide bonds. The van der Waals surface area contributed by atoms with Gasteiger partial charge >= 0.3 is 0 Å². The summed E-state index contributed by atoms with van der Waals surface area (Å²) in [5, 5.41) is 1.12. The van der Waals surface area contributed by atoms with Gasteiger partial charge in [-0.05, 0) is 42.7 Å². The molecule has 0 N–H and O–H groups in total. The van der Waals surface area contributed by atoms with Crippen molar-refractivity contribution in [2.24, 2.45) is 0 Å². The molecule has 2 aromatic rings. The third-order valence-electron chi connectivity index (χ3n) is 3.02. The van der Waals surface area contributed by atoms with E-state index in [1.807, 2.05) is 6.92 Å². The Bertz CT molecular complexity index is 616. The normalized spacial score (nSPS) is 12.2. The molecule has 0 heterocycles. The van der Waals surface area contributed by atoms with E-state index < -0.39 is 0 Å². The van der Waals surface area contributed by atoms with Crippen molar-refractivity contribution in [3.63, 3.8) is 0 Å². The minimum absolute atomic E-state index is 0.0105. The van der Waals surface area contributed by atoms with Gasteiger partial charge in [0, 0.05) is 15.9 Å². The first kappa shape index (κ1) is 16.6. The second-order valence-corrected chi connectivity index (χ2v) is 6.46. The van der Waals surface area contributed by atoms with Crippen LogP contribution in [0.25, 0.3) is 0 Å². The van der Waals surface area contributed by atoms with Gasteiger partial charge in [0.2, 0.25) is 0 Å². The smallest absolute Gasteiger partial charge is 0.139 e. The van der Waals surface area contributed by atoms with Gasteiger partial charge in [-0.2, -0.15) is 0 Å². The zero-order valence-electron chi connectivity index (χ0n) is 11.4. The molecule has 1 atom stereocenters. The lowest BCUT2D eigenvalue weighted by Gasteiger charge is -2.15. The molecule has 1 unspecified atom stereocenters. The molecule has 0 aliphatic carbocycles. The number of ether oxygens (including phenoxy) is 1. The van der Waals surface area contributed by atoms with E-state index >= 15 is 0 Å². The molecule has 2 rings (SSSR count). The van der Waals surface area contributed by atoms with Gasteiger partial charge in [0.25, 0.3) is 0 Å². The Hall–Kier alpha value is -0.770. The quantitative estimate of drug-likeness (QED) is 0.550. The molecule has 0 aliphatic rings. The highest BCUT2D eigenvalue weighted by Crippen LogP contribution is 2.38. The number of alkyl halides is 1. The molecular weight excluding hydrogens is 378 g/mol. The van der Waals surface area contributed by atoms with Crippen LogP contribution in [0, 0.1) is 5.82 Å². The number of hydrogen-bond acceptors (Lipinski definition) is 1. The molecule has 21 heavy (non-hydrogen) atoms. The second kappa shape index (κ2) is 7.48. The minimum atomic E-state index is -0.244. The maximum atomic E-state index is 12.9. The lowest BCUT2D eigenvalue weighted by molar-refractivity contribution is 0.340. The first-order chi connectivity index (χ1) is 10.0. The fourth-order valence-electron chi connectivity index (χ4n) is 1.99. The van der Waals surface area contributed by atoms with Crippen molar-refractivity contribution < 1.29 is 9.13 Å². The maximum absolute atomic E-state index is 12.9. The molecule has 0 saturated heterocycles. The van der Waals surface area contributed by atoms with Crippen LogP contribution >= 0.6 is 39.1 Å². The van der Waals surface area contributed by atoms with Crippen molar-refractivity contribution >= 4 is 39.1 Å². The predicted octanol–water partition coefficient (Wildman–Crippen LogP) is 6.21. The van der Waals surface area contributed by atoms with Crippen molar-refractivity contribution in [1.29, 1.82) is 0 Å². The minimum Gasteiger partial charge on any atom is -0.492 e. The van der Waals surface area contributed by atoms with Crippen molar-refractivity contribution in [2.45, 2.75) is 18.2 Å². The van der Waals surface area contributed by atoms with Crippen LogP contribution in [0.4, 0.5) is 4.39 Å². The summed E-state index contributed by atoms with van der Waals surface area (Å²) < 4.78 is 18.3. The average molecular weight is 392 g/mol. The summed E-state index contributed by atoms with van der Waals surface area (Å²) in [6.45, 7) is 2.42. The fourth-order valence-corrected chi connectivity index (χ4v) is 3.38. The van der Waals surface area contributed by atoms with E-state index in [0.29, 0.717) is 28.8 Å². The highest BCUT2D eigenvalue weighted by atomic mass is 79.9. The van der Waals surface area contributed by atoms with Crippen LogP contribution in [0.5, 0.6) is 5.75 Å². The Morgan fingerprint density at radius 2 is 1.81 bits per heavy atom. The Kier molecular flexibility index (Phi) is 5.91. The molecule has 1 nitrogen and oxygen atoms in total. The van der Waals surface area contributed by atoms with Crippen molar-refractivity contribution in [3.8, 4) is 5.75 Å². The lowest BCUT2D eigenvalue weighted by atomic mass is 10.0. The Morgan fingerprint density at radius 3 is 2.43 bits per heavy atom. The van der Waals surface area contributed by atoms with Crippen molar-refractivity contribution in [1.82, 2.24) is 0 Å². The van der Waals surface area contributed by atoms with Crippen molar-refractivity contribution in [3.05, 3.63) is 63.4 Å². The van der Waals surface area contributed by atoms with Crippen LogP contribution in [0.15, 0.2) is 36.4 Å². The van der Waals surface area contributed by atoms with Crippen LogP contribution in [0.1, 0.15) is 22.9 Å². The molecule has 5 heteroatoms. The van der Waals surface area contributed by atoms with Gasteiger partial charge in [-0.3, -0.25) is 0 Å². The highest BCUT2D eigenvalue weighted by Gasteiger charge is 2.16. The molecule has 0 saturated carbocycles. The van der Waals surface area contributed by atoms with Gasteiger partial charge in [-0.15, -0.1) is 0 Å². The third kappa shape index (κ3) is 4.35. The number of hydrogen-bond donors (Lipinski definition) is 0. The molecule has 0 spiro atoms. The summed E-state index contributed by atoms with van der Waals surface area (Å²) in [6.07, 6.45) is 0.685. The molecular formula is C16H14BrCl2FO. The summed E-state index contributed by atoms with van der Waals surface area (Å²) in [5.41, 5.74) is 1.90. The SMILES string of the molecule is CCOc1cc(Cl)c(C(Br)Cc2ccc(F)cc2)cc1Cl. The summed E-state index contributed by atoms with van der Waals surface area (Å²) in [5.74, 6) is 0.335. The molecule has 2 aromatic carbocycles. The molecule has 0 radical (unpaired) electrons. The molecule has 0 aromatic heterocycles. The first-order valence-electron chi connectivity index (χ1n) is 6.51. The average Bonchev–Trinajstić information content (AvgIpc) is 2.45. The van der Waals surface area contributed by atoms with E-state index in [1.54, 1.807) is 24.3 Å². The summed E-state index contributed by atoms with van der Waals surface area (Å²) in [6, 6.07) is 9.93. The summed E-state index contributed by atoms with van der Waals surface area (Å²) in [7, 11) is 0. The van der Waals surface area contributed by atoms with Crippen LogP contribution in [-0.2, 0) is 6.42 Å². The second-order valence-electron chi connectivity index (χ2n) is 4.54. The largest absolute Gasteiger partial charge is 0.492 e. The van der Waals surface area contributed by atoms with E-state index in [9.17, 15) is 4.39 Å². The molecule has 112 valence electrons. The number of rotatable bonds is 5. The Morgan fingerprint density at radius 1 is 1.14 bits per heavy atom. The monoisotopic (exact) mass is 390 g/mol. The maximum Gasteiger partial charge on any atom is 0.139 e. The summed E-state index contributed by atoms with van der Waals surface area (Å²) >= 11 is 16.1. The molecule has 0 bridgehead atoms. The van der Waals surface area contributed by atoms with Crippen LogP contribution in [0.3, 0.4) is 0 Å². The Labute approximate surface area is 142 Å². The van der Waals surface area contributed by atoms with Crippen LogP contribution < -0.4 is 4.74 Å². The fraction of sp³-hybridized carbons (Fsp3) is 0.250. The van der Waals surface area contributed by atoms with Crippen LogP contribution in [0.2, 0.25) is 10.0 Å². The van der Waals surface area contributed by atoms with E-state index in [0.717, 1.165) is 11.1 Å². The van der Waals surface area contributed by atoms with Gasteiger partial charge in [-0.1, -0.05) is 51.3 Å². The van der Waals surface area contributed by atoms with Gasteiger partial charge in [0.15, 0.2) is 0 Å². The van der Waals surface area contributed by atoms with Gasteiger partial charge in [0.05, 0.1) is 11.6 Å². The third-order valence-corrected chi connectivity index (χ3v) is 4.46. The van der Waals surface area contributed by atoms with Gasteiger partial charge in [0.1, 0.15) is 11.6 Å². The summed E-state index contributed by atoms with van der Waals surface area (Å²) in [4.78, 5) is -0.0105. The number of halogens is 4. The van der Waals surface area contributed by atoms with E-state index in [2.05, 4.69) is 15.9 Å². The lowest BCUT2D eigenvalue weighted by Crippen LogP contribution is -1.99. The van der Waals surface area contributed by atoms with E-state index in [1.165, 1.54) is 12.1 Å². The zero-order chi connectivity index (χ0) is 15.4. The van der Waals surface area contributed by atoms with Gasteiger partial charge in [-0.25, -0.2) is 4.39 Å². The standard InChI is InChI=1S/C16H14BrCl2FO/c1-2-21-16-9-14(18)12(8-15(16)19)13(17)7-10-3-5-11(20)6-4-10/h3-6,8-9,13H,2,7H2,1H3. The van der Waals surface area contributed by atoms with Gasteiger partial charge < -0.3 is 4.74 Å². The topological polar surface area (TPSA) is 9.23 Å². The predicted molar refractivity (Wildman–Crippen MR) is 89.4 cm³/mol. The van der Waals surface area contributed by atoms with Crippen molar-refractivity contribution in [2.75, 3.05) is 6.61 Å². The van der Waals surface area contributed by atoms with E-state index in [-0.39, 0.29) is 10.6 Å². The highest BCUT2D eigenvalue weighted by molar-refractivity contribution is 9.09.